The molecule has 0 aromatic heterocycles. The molecule has 0 bridgehead atoms. The number of hydrogen-bond donors (Lipinski definition) is 7. The molecule has 0 aliphatic rings. The van der Waals surface area contributed by atoms with Crippen LogP contribution in [0.2, 0.25) is 0 Å². The first-order valence-corrected chi connectivity index (χ1v) is 13.8. The number of aliphatic carboxylic acids is 1. The summed E-state index contributed by atoms with van der Waals surface area (Å²) in [7, 11) is 0. The van der Waals surface area contributed by atoms with Gasteiger partial charge in [-0.15, -0.1) is 0 Å². The van der Waals surface area contributed by atoms with Crippen LogP contribution in [0.4, 0.5) is 0 Å². The lowest BCUT2D eigenvalue weighted by Crippen LogP contribution is -2.57. The van der Waals surface area contributed by atoms with Crippen LogP contribution in [0.15, 0.2) is 0 Å². The average molecular weight is 512 g/mol. The van der Waals surface area contributed by atoms with Crippen LogP contribution in [0.3, 0.4) is 0 Å². The van der Waals surface area contributed by atoms with E-state index in [1.807, 2.05) is 12.5 Å². The molecule has 8 N–H and O–H groups in total. The largest absolute Gasteiger partial charge is 0.480 e. The Bertz CT molecular complexity index is 600. The average Bonchev–Trinajstić information content (AvgIpc) is 2.77. The van der Waals surface area contributed by atoms with Crippen LogP contribution in [0, 0.1) is 0 Å². The predicted octanol–water partition coefficient (Wildman–Crippen LogP) is -0.582. The van der Waals surface area contributed by atoms with Crippen molar-refractivity contribution in [2.75, 3.05) is 36.3 Å². The fourth-order valence-electron chi connectivity index (χ4n) is 2.65. The molecule has 0 saturated carbocycles. The summed E-state index contributed by atoms with van der Waals surface area (Å²) in [5.74, 6) is -1.51. The highest BCUT2D eigenvalue weighted by atomic mass is 32.2. The molecular formula is C19H37N5O5S3. The molecule has 0 fully saturated rings. The standard InChI is InChI=1S/C19H37N5O5S3/c1-31-9-6-12(21)16(25)22-13(7-10-32-2)17(26)24-15(11-30)18(27)23-14(19(28)29)5-3-4-8-20/h12-15,30H,3-11,20-21H2,1-2H3,(H,22,25)(H,23,27)(H,24,26)(H,28,29). The number of nitrogens with two attached hydrogens (primary N) is 2. The molecule has 0 saturated heterocycles. The van der Waals surface area contributed by atoms with Crippen molar-refractivity contribution in [3.05, 3.63) is 0 Å². The van der Waals surface area contributed by atoms with Crippen LogP contribution >= 0.6 is 36.2 Å². The number of hydrogen-bond acceptors (Lipinski definition) is 9. The van der Waals surface area contributed by atoms with E-state index >= 15 is 0 Å². The van der Waals surface area contributed by atoms with Gasteiger partial charge in [-0.3, -0.25) is 14.4 Å². The van der Waals surface area contributed by atoms with Crippen molar-refractivity contribution in [3.8, 4) is 0 Å². The van der Waals surface area contributed by atoms with Gasteiger partial charge in [0, 0.05) is 5.75 Å². The van der Waals surface area contributed by atoms with Gasteiger partial charge in [-0.1, -0.05) is 0 Å². The van der Waals surface area contributed by atoms with E-state index in [2.05, 4.69) is 28.6 Å². The molecule has 0 rings (SSSR count). The molecule has 0 heterocycles. The van der Waals surface area contributed by atoms with E-state index in [-0.39, 0.29) is 12.2 Å². The lowest BCUT2D eigenvalue weighted by molar-refractivity contribution is -0.142. The zero-order chi connectivity index (χ0) is 24.5. The fourth-order valence-corrected chi connectivity index (χ4v) is 3.87. The van der Waals surface area contributed by atoms with Gasteiger partial charge in [0.2, 0.25) is 17.7 Å². The number of carbonyl (C=O) groups is 4. The monoisotopic (exact) mass is 511 g/mol. The third-order valence-electron chi connectivity index (χ3n) is 4.59. The summed E-state index contributed by atoms with van der Waals surface area (Å²) < 4.78 is 0. The zero-order valence-corrected chi connectivity index (χ0v) is 21.2. The summed E-state index contributed by atoms with van der Waals surface area (Å²) in [4.78, 5) is 49.2. The topological polar surface area (TPSA) is 177 Å². The first kappa shape index (κ1) is 30.9. The Hall–Kier alpha value is -1.15. The number of nitrogens with one attached hydrogen (secondary N) is 3. The zero-order valence-electron chi connectivity index (χ0n) is 18.7. The number of rotatable bonds is 18. The minimum absolute atomic E-state index is 0.0385. The maximum absolute atomic E-state index is 12.8. The van der Waals surface area contributed by atoms with E-state index in [0.717, 1.165) is 0 Å². The van der Waals surface area contributed by atoms with Gasteiger partial charge in [0.15, 0.2) is 0 Å². The molecule has 32 heavy (non-hydrogen) atoms. The van der Waals surface area contributed by atoms with Crippen LogP contribution < -0.4 is 27.4 Å². The molecule has 0 aliphatic carbocycles. The summed E-state index contributed by atoms with van der Waals surface area (Å²) in [5.41, 5.74) is 11.3. The molecule has 3 amide bonds. The molecule has 0 spiro atoms. The SMILES string of the molecule is CSCCC(N)C(=O)NC(CCSC)C(=O)NC(CS)C(=O)NC(CCCCN)C(=O)O. The second-order valence-electron chi connectivity index (χ2n) is 7.16. The molecule has 186 valence electrons. The van der Waals surface area contributed by atoms with Crippen LogP contribution in [0.1, 0.15) is 32.1 Å². The number of carboxylic acids is 1. The molecule has 0 aromatic carbocycles. The quantitative estimate of drug-likeness (QED) is 0.0937. The predicted molar refractivity (Wildman–Crippen MR) is 134 cm³/mol. The van der Waals surface area contributed by atoms with Gasteiger partial charge in [-0.25, -0.2) is 4.79 Å². The lowest BCUT2D eigenvalue weighted by Gasteiger charge is -2.24. The summed E-state index contributed by atoms with van der Waals surface area (Å²) >= 11 is 7.20. The van der Waals surface area contributed by atoms with Gasteiger partial charge in [0.1, 0.15) is 18.1 Å². The van der Waals surface area contributed by atoms with E-state index in [0.29, 0.717) is 43.7 Å². The van der Waals surface area contributed by atoms with Gasteiger partial charge in [0.25, 0.3) is 0 Å². The van der Waals surface area contributed by atoms with Crippen molar-refractivity contribution >= 4 is 59.8 Å². The number of unbranched alkanes of at least 4 members (excludes halogenated alkanes) is 1. The summed E-state index contributed by atoms with van der Waals surface area (Å²) in [6.45, 7) is 0.430. The van der Waals surface area contributed by atoms with Crippen molar-refractivity contribution in [1.29, 1.82) is 0 Å². The normalized spacial score (nSPS) is 14.7. The summed E-state index contributed by atoms with van der Waals surface area (Å²) in [6.07, 6.45) is 6.04. The summed E-state index contributed by atoms with van der Waals surface area (Å²) in [6, 6.07) is -3.75. The van der Waals surface area contributed by atoms with Crippen LogP contribution in [-0.4, -0.2) is 89.3 Å². The van der Waals surface area contributed by atoms with Crippen molar-refractivity contribution in [2.45, 2.75) is 56.3 Å². The van der Waals surface area contributed by atoms with Crippen LogP contribution in [-0.2, 0) is 19.2 Å². The molecule has 0 aromatic rings. The smallest absolute Gasteiger partial charge is 0.326 e. The lowest BCUT2D eigenvalue weighted by atomic mass is 10.1. The van der Waals surface area contributed by atoms with Crippen LogP contribution in [0.25, 0.3) is 0 Å². The molecule has 0 radical (unpaired) electrons. The Labute approximate surface area is 203 Å². The van der Waals surface area contributed by atoms with E-state index in [4.69, 9.17) is 11.5 Å². The van der Waals surface area contributed by atoms with Gasteiger partial charge in [-0.2, -0.15) is 36.2 Å². The van der Waals surface area contributed by atoms with Crippen molar-refractivity contribution in [3.63, 3.8) is 0 Å². The van der Waals surface area contributed by atoms with Crippen LogP contribution in [0.5, 0.6) is 0 Å². The molecule has 13 heteroatoms. The Morgan fingerprint density at radius 2 is 1.38 bits per heavy atom. The minimum atomic E-state index is -1.16. The first-order chi connectivity index (χ1) is 15.2. The second-order valence-corrected chi connectivity index (χ2v) is 9.49. The summed E-state index contributed by atoms with van der Waals surface area (Å²) in [5, 5.41) is 17.0. The Morgan fingerprint density at radius 1 is 0.844 bits per heavy atom. The van der Waals surface area contributed by atoms with Crippen molar-refractivity contribution < 1.29 is 24.3 Å². The van der Waals surface area contributed by atoms with E-state index in [1.54, 1.807) is 11.8 Å². The number of carbonyl (C=O) groups excluding carboxylic acids is 3. The van der Waals surface area contributed by atoms with Gasteiger partial charge in [0.05, 0.1) is 6.04 Å². The number of thioether (sulfide) groups is 2. The molecular weight excluding hydrogens is 474 g/mol. The van der Waals surface area contributed by atoms with E-state index in [1.165, 1.54) is 11.8 Å². The highest BCUT2D eigenvalue weighted by molar-refractivity contribution is 7.98. The Balaban J connectivity index is 5.09. The molecule has 0 aliphatic heterocycles. The van der Waals surface area contributed by atoms with Gasteiger partial charge >= 0.3 is 5.97 Å². The third kappa shape index (κ3) is 12.8. The maximum atomic E-state index is 12.8. The third-order valence-corrected chi connectivity index (χ3v) is 6.24. The van der Waals surface area contributed by atoms with E-state index in [9.17, 15) is 24.3 Å². The molecule has 4 atom stereocenters. The number of carboxylic acid groups (broad SMARTS) is 1. The first-order valence-electron chi connectivity index (χ1n) is 10.4. The Morgan fingerprint density at radius 3 is 1.91 bits per heavy atom. The minimum Gasteiger partial charge on any atom is -0.480 e. The van der Waals surface area contributed by atoms with Gasteiger partial charge in [-0.05, 0) is 62.7 Å². The van der Waals surface area contributed by atoms with E-state index < -0.39 is 47.9 Å². The highest BCUT2D eigenvalue weighted by Crippen LogP contribution is 2.06. The number of thiol groups is 1. The molecule has 4 unspecified atom stereocenters. The highest BCUT2D eigenvalue weighted by Gasteiger charge is 2.29. The second kappa shape index (κ2) is 18.3. The fraction of sp³-hybridized carbons (Fsp3) is 0.789. The number of amides is 3. The van der Waals surface area contributed by atoms with Crippen molar-refractivity contribution in [1.82, 2.24) is 16.0 Å². The molecule has 10 nitrogen and oxygen atoms in total. The van der Waals surface area contributed by atoms with Gasteiger partial charge < -0.3 is 32.5 Å². The Kier molecular flexibility index (Phi) is 17.6. The maximum Gasteiger partial charge on any atom is 0.326 e. The van der Waals surface area contributed by atoms with Crippen molar-refractivity contribution in [2.24, 2.45) is 11.5 Å².